The molecule has 0 saturated carbocycles. The van der Waals surface area contributed by atoms with E-state index in [0.717, 1.165) is 67.2 Å². The highest BCUT2D eigenvalue weighted by molar-refractivity contribution is 6.07. The summed E-state index contributed by atoms with van der Waals surface area (Å²) in [4.78, 5) is 22.7. The van der Waals surface area contributed by atoms with Crippen LogP contribution >= 0.6 is 0 Å². The molecule has 4 rings (SSSR count). The quantitative estimate of drug-likeness (QED) is 0.441. The number of amides is 1. The van der Waals surface area contributed by atoms with Gasteiger partial charge in [0.1, 0.15) is 5.82 Å². The Morgan fingerprint density at radius 3 is 2.49 bits per heavy atom. The van der Waals surface area contributed by atoms with E-state index < -0.39 is 0 Å². The average Bonchev–Trinajstić information content (AvgIpc) is 2.91. The molecule has 1 aromatic heterocycles. The summed E-state index contributed by atoms with van der Waals surface area (Å²) in [7, 11) is 3.32. The Balaban J connectivity index is 1.56. The summed E-state index contributed by atoms with van der Waals surface area (Å²) in [6, 6.07) is 13.9. The minimum Gasteiger partial charge on any atom is -0.493 e. The zero-order chi connectivity index (χ0) is 24.8. The number of methoxy groups -OCH3 is 2. The standard InChI is InChI=1S/C28H36N4O3/c1-5-31(6-2)14-9-13-29-28(33)23-18-27(30-24-11-8-7-10-22(23)24)32-15-12-20-16-25(34-3)26(35-4)17-21(20)19-32/h7-8,10-11,16-18H,5-6,9,12-15,19H2,1-4H3,(H,29,33). The monoisotopic (exact) mass is 476 g/mol. The highest BCUT2D eigenvalue weighted by Crippen LogP contribution is 2.34. The van der Waals surface area contributed by atoms with Crippen molar-refractivity contribution in [3.8, 4) is 11.5 Å². The van der Waals surface area contributed by atoms with Gasteiger partial charge in [-0.3, -0.25) is 4.79 Å². The lowest BCUT2D eigenvalue weighted by Gasteiger charge is -2.31. The van der Waals surface area contributed by atoms with Gasteiger partial charge in [-0.25, -0.2) is 4.98 Å². The van der Waals surface area contributed by atoms with Crippen molar-refractivity contribution in [2.75, 3.05) is 51.8 Å². The van der Waals surface area contributed by atoms with Crippen LogP contribution in [0.3, 0.4) is 0 Å². The van der Waals surface area contributed by atoms with Gasteiger partial charge in [0.05, 0.1) is 25.3 Å². The maximum absolute atomic E-state index is 13.2. The fourth-order valence-electron chi connectivity index (χ4n) is 4.73. The van der Waals surface area contributed by atoms with Crippen LogP contribution in [-0.2, 0) is 13.0 Å². The zero-order valence-corrected chi connectivity index (χ0v) is 21.3. The zero-order valence-electron chi connectivity index (χ0n) is 21.3. The van der Waals surface area contributed by atoms with Gasteiger partial charge in [0.15, 0.2) is 11.5 Å². The molecule has 0 aliphatic carbocycles. The molecule has 2 heterocycles. The lowest BCUT2D eigenvalue weighted by atomic mass is 9.98. The Morgan fingerprint density at radius 2 is 1.77 bits per heavy atom. The maximum atomic E-state index is 13.2. The molecular weight excluding hydrogens is 440 g/mol. The number of fused-ring (bicyclic) bond motifs is 2. The lowest BCUT2D eigenvalue weighted by Crippen LogP contribution is -2.32. The Hall–Kier alpha value is -3.32. The first-order valence-corrected chi connectivity index (χ1v) is 12.5. The molecule has 1 N–H and O–H groups in total. The lowest BCUT2D eigenvalue weighted by molar-refractivity contribution is 0.0953. The summed E-state index contributed by atoms with van der Waals surface area (Å²) in [5.74, 6) is 2.25. The van der Waals surface area contributed by atoms with E-state index in [4.69, 9.17) is 14.5 Å². The molecule has 3 aromatic rings. The minimum atomic E-state index is -0.0480. The van der Waals surface area contributed by atoms with Gasteiger partial charge in [0.25, 0.3) is 5.91 Å². The predicted octanol–water partition coefficient (Wildman–Crippen LogP) is 4.28. The SMILES string of the molecule is CCN(CC)CCCNC(=O)c1cc(N2CCc3cc(OC)c(OC)cc3C2)nc2ccccc12. The second kappa shape index (κ2) is 11.4. The summed E-state index contributed by atoms with van der Waals surface area (Å²) in [5, 5.41) is 4.00. The summed E-state index contributed by atoms with van der Waals surface area (Å²) >= 11 is 0. The number of aromatic nitrogens is 1. The molecule has 2 aromatic carbocycles. The number of nitrogens with one attached hydrogen (secondary N) is 1. The third-order valence-electron chi connectivity index (χ3n) is 6.82. The second-order valence-electron chi connectivity index (χ2n) is 8.83. The van der Waals surface area contributed by atoms with Crippen molar-refractivity contribution in [1.82, 2.24) is 15.2 Å². The van der Waals surface area contributed by atoms with E-state index >= 15 is 0 Å². The molecule has 186 valence electrons. The number of ether oxygens (including phenoxy) is 2. The number of pyridine rings is 1. The molecule has 0 unspecified atom stereocenters. The highest BCUT2D eigenvalue weighted by Gasteiger charge is 2.22. The molecule has 1 aliphatic rings. The van der Waals surface area contributed by atoms with Gasteiger partial charge in [-0.1, -0.05) is 32.0 Å². The molecule has 1 amide bonds. The van der Waals surface area contributed by atoms with Gasteiger partial charge < -0.3 is 24.6 Å². The maximum Gasteiger partial charge on any atom is 0.252 e. The van der Waals surface area contributed by atoms with E-state index in [9.17, 15) is 4.79 Å². The van der Waals surface area contributed by atoms with Crippen LogP contribution in [0.2, 0.25) is 0 Å². The van der Waals surface area contributed by atoms with E-state index in [-0.39, 0.29) is 5.91 Å². The molecule has 35 heavy (non-hydrogen) atoms. The van der Waals surface area contributed by atoms with E-state index in [1.165, 1.54) is 11.1 Å². The van der Waals surface area contributed by atoms with Crippen molar-refractivity contribution in [2.45, 2.75) is 33.2 Å². The Labute approximate surface area is 208 Å². The first-order chi connectivity index (χ1) is 17.1. The third kappa shape index (κ3) is 5.51. The van der Waals surface area contributed by atoms with E-state index in [2.05, 4.69) is 35.0 Å². The number of para-hydroxylation sites is 1. The van der Waals surface area contributed by atoms with E-state index in [0.29, 0.717) is 18.7 Å². The smallest absolute Gasteiger partial charge is 0.252 e. The van der Waals surface area contributed by atoms with Crippen LogP contribution in [0.25, 0.3) is 10.9 Å². The Morgan fingerprint density at radius 1 is 1.06 bits per heavy atom. The summed E-state index contributed by atoms with van der Waals surface area (Å²) in [6.07, 6.45) is 1.80. The topological polar surface area (TPSA) is 66.9 Å². The van der Waals surface area contributed by atoms with Crippen LogP contribution in [0.4, 0.5) is 5.82 Å². The summed E-state index contributed by atoms with van der Waals surface area (Å²) in [6.45, 7) is 9.54. The molecule has 0 bridgehead atoms. The molecule has 7 heteroatoms. The first kappa shape index (κ1) is 24.8. The van der Waals surface area contributed by atoms with E-state index in [1.807, 2.05) is 36.4 Å². The normalized spacial score (nSPS) is 13.1. The fraction of sp³-hybridized carbons (Fsp3) is 0.429. The number of carbonyl (C=O) groups excluding carboxylic acids is 1. The number of rotatable bonds is 10. The number of anilines is 1. The van der Waals surface area contributed by atoms with Crippen molar-refractivity contribution >= 4 is 22.6 Å². The molecule has 1 aliphatic heterocycles. The fourth-order valence-corrected chi connectivity index (χ4v) is 4.73. The average molecular weight is 477 g/mol. The molecule has 0 atom stereocenters. The number of carbonyl (C=O) groups is 1. The highest BCUT2D eigenvalue weighted by atomic mass is 16.5. The Kier molecular flexibility index (Phi) is 8.08. The summed E-state index contributed by atoms with van der Waals surface area (Å²) in [5.41, 5.74) is 3.94. The van der Waals surface area contributed by atoms with Crippen LogP contribution in [0, 0.1) is 0 Å². The molecule has 0 radical (unpaired) electrons. The van der Waals surface area contributed by atoms with E-state index in [1.54, 1.807) is 14.2 Å². The number of hydrogen-bond donors (Lipinski definition) is 1. The van der Waals surface area contributed by atoms with Gasteiger partial charge in [0, 0.05) is 25.0 Å². The number of benzene rings is 2. The van der Waals surface area contributed by atoms with Gasteiger partial charge >= 0.3 is 0 Å². The van der Waals surface area contributed by atoms with Gasteiger partial charge in [-0.05, 0) is 67.9 Å². The van der Waals surface area contributed by atoms with Crippen molar-refractivity contribution in [3.63, 3.8) is 0 Å². The molecule has 0 spiro atoms. The van der Waals surface area contributed by atoms with Gasteiger partial charge in [-0.15, -0.1) is 0 Å². The van der Waals surface area contributed by atoms with Crippen LogP contribution in [-0.4, -0.2) is 62.7 Å². The predicted molar refractivity (Wildman–Crippen MR) is 141 cm³/mol. The minimum absolute atomic E-state index is 0.0480. The number of hydrogen-bond acceptors (Lipinski definition) is 6. The largest absolute Gasteiger partial charge is 0.493 e. The summed E-state index contributed by atoms with van der Waals surface area (Å²) < 4.78 is 11.0. The van der Waals surface area contributed by atoms with Crippen molar-refractivity contribution in [2.24, 2.45) is 0 Å². The second-order valence-corrected chi connectivity index (χ2v) is 8.83. The van der Waals surface area contributed by atoms with Crippen LogP contribution in [0.5, 0.6) is 11.5 Å². The molecule has 7 nitrogen and oxygen atoms in total. The van der Waals surface area contributed by atoms with Crippen molar-refractivity contribution in [3.05, 3.63) is 59.2 Å². The molecule has 0 fully saturated rings. The van der Waals surface area contributed by atoms with Gasteiger partial charge in [0.2, 0.25) is 0 Å². The van der Waals surface area contributed by atoms with Gasteiger partial charge in [-0.2, -0.15) is 0 Å². The molecule has 0 saturated heterocycles. The first-order valence-electron chi connectivity index (χ1n) is 12.5. The van der Waals surface area contributed by atoms with Crippen LogP contribution in [0.1, 0.15) is 41.8 Å². The third-order valence-corrected chi connectivity index (χ3v) is 6.82. The molecular formula is C28H36N4O3. The van der Waals surface area contributed by atoms with Crippen LogP contribution < -0.4 is 19.7 Å². The Bertz CT molecular complexity index is 1180. The number of nitrogens with zero attached hydrogens (tertiary/aromatic N) is 3. The van der Waals surface area contributed by atoms with Crippen LogP contribution in [0.15, 0.2) is 42.5 Å². The van der Waals surface area contributed by atoms with Crippen molar-refractivity contribution < 1.29 is 14.3 Å². The van der Waals surface area contributed by atoms with Crippen molar-refractivity contribution in [1.29, 1.82) is 0 Å².